The Bertz CT molecular complexity index is 601. The Labute approximate surface area is 126 Å². The Morgan fingerprint density at radius 1 is 1.27 bits per heavy atom. The minimum Gasteiger partial charge on any atom is -0.406 e. The van der Waals surface area contributed by atoms with E-state index in [0.717, 1.165) is 30.7 Å². The third-order valence-electron chi connectivity index (χ3n) is 3.35. The Hall–Kier alpha value is -1.32. The molecule has 2 rings (SSSR count). The lowest BCUT2D eigenvalue weighted by Gasteiger charge is -2.23. The summed E-state index contributed by atoms with van der Waals surface area (Å²) in [6, 6.07) is 3.95. The minimum atomic E-state index is -4.81. The number of ether oxygens (including phenoxy) is 2. The molecule has 0 radical (unpaired) electrons. The zero-order chi connectivity index (χ0) is 16.4. The molecule has 1 aromatic carbocycles. The van der Waals surface area contributed by atoms with Crippen molar-refractivity contribution < 1.29 is 31.1 Å². The van der Waals surface area contributed by atoms with Crippen LogP contribution in [0.5, 0.6) is 5.75 Å². The molecular formula is C13H16F3NO4S. The Balaban J connectivity index is 2.19. The maximum absolute atomic E-state index is 12.5. The summed E-state index contributed by atoms with van der Waals surface area (Å²) in [7, 11) is -2.26. The fourth-order valence-electron chi connectivity index (χ4n) is 2.43. The normalized spacial score (nSPS) is 20.3. The van der Waals surface area contributed by atoms with Crippen LogP contribution < -0.4 is 4.74 Å². The van der Waals surface area contributed by atoms with Gasteiger partial charge in [-0.3, -0.25) is 0 Å². The molecule has 0 amide bonds. The van der Waals surface area contributed by atoms with E-state index in [-0.39, 0.29) is 17.5 Å². The first-order valence-corrected chi connectivity index (χ1v) is 8.04. The number of halogens is 3. The number of rotatable bonds is 5. The van der Waals surface area contributed by atoms with Crippen LogP contribution in [-0.2, 0) is 14.8 Å². The second-order valence-electron chi connectivity index (χ2n) is 4.89. The standard InChI is InChI=1S/C13H16F3NO4S/c1-20-9-10-3-2-8-17(10)22(18,19)12-6-4-11(5-7-12)21-13(14,15)16/h4-7,10H,2-3,8-9H2,1H3. The molecule has 1 unspecified atom stereocenters. The van der Waals surface area contributed by atoms with Crippen molar-refractivity contribution in [2.45, 2.75) is 30.1 Å². The lowest BCUT2D eigenvalue weighted by molar-refractivity contribution is -0.274. The van der Waals surface area contributed by atoms with Crippen LogP contribution in [0.25, 0.3) is 0 Å². The van der Waals surface area contributed by atoms with Crippen molar-refractivity contribution in [1.82, 2.24) is 4.31 Å². The fourth-order valence-corrected chi connectivity index (χ4v) is 4.11. The van der Waals surface area contributed by atoms with E-state index < -0.39 is 22.1 Å². The molecule has 0 bridgehead atoms. The van der Waals surface area contributed by atoms with Crippen LogP contribution in [-0.4, -0.2) is 45.4 Å². The van der Waals surface area contributed by atoms with Crippen LogP contribution in [0.2, 0.25) is 0 Å². The first-order valence-electron chi connectivity index (χ1n) is 6.60. The highest BCUT2D eigenvalue weighted by Crippen LogP contribution is 2.28. The topological polar surface area (TPSA) is 55.8 Å². The van der Waals surface area contributed by atoms with Crippen LogP contribution in [0.15, 0.2) is 29.2 Å². The lowest BCUT2D eigenvalue weighted by atomic mass is 10.2. The first-order chi connectivity index (χ1) is 10.2. The van der Waals surface area contributed by atoms with Gasteiger partial charge in [0.2, 0.25) is 10.0 Å². The Morgan fingerprint density at radius 2 is 1.91 bits per heavy atom. The summed E-state index contributed by atoms with van der Waals surface area (Å²) < 4.78 is 71.4. The van der Waals surface area contributed by atoms with E-state index >= 15 is 0 Å². The summed E-state index contributed by atoms with van der Waals surface area (Å²) in [6.07, 6.45) is -3.39. The minimum absolute atomic E-state index is 0.0648. The van der Waals surface area contributed by atoms with E-state index in [9.17, 15) is 21.6 Å². The summed E-state index contributed by atoms with van der Waals surface area (Å²) in [6.45, 7) is 0.658. The Kier molecular flexibility index (Phi) is 4.98. The van der Waals surface area contributed by atoms with Gasteiger partial charge in [0.1, 0.15) is 5.75 Å². The number of nitrogens with zero attached hydrogens (tertiary/aromatic N) is 1. The second kappa shape index (κ2) is 6.43. The van der Waals surface area contributed by atoms with Gasteiger partial charge in [0.05, 0.1) is 11.5 Å². The lowest BCUT2D eigenvalue weighted by Crippen LogP contribution is -2.38. The zero-order valence-corrected chi connectivity index (χ0v) is 12.7. The van der Waals surface area contributed by atoms with Gasteiger partial charge in [0, 0.05) is 19.7 Å². The van der Waals surface area contributed by atoms with Crippen LogP contribution in [0.4, 0.5) is 13.2 Å². The average molecular weight is 339 g/mol. The van der Waals surface area contributed by atoms with Crippen molar-refractivity contribution in [3.63, 3.8) is 0 Å². The van der Waals surface area contributed by atoms with Crippen molar-refractivity contribution in [2.24, 2.45) is 0 Å². The molecule has 1 heterocycles. The number of hydrogen-bond donors (Lipinski definition) is 0. The van der Waals surface area contributed by atoms with Crippen molar-refractivity contribution in [1.29, 1.82) is 0 Å². The van der Waals surface area contributed by atoms with Gasteiger partial charge in [-0.15, -0.1) is 13.2 Å². The van der Waals surface area contributed by atoms with Gasteiger partial charge in [-0.05, 0) is 37.1 Å². The van der Waals surface area contributed by atoms with Crippen LogP contribution in [0.1, 0.15) is 12.8 Å². The Morgan fingerprint density at radius 3 is 2.45 bits per heavy atom. The summed E-state index contributed by atoms with van der Waals surface area (Å²) in [5.74, 6) is -0.457. The quantitative estimate of drug-likeness (QED) is 0.827. The van der Waals surface area contributed by atoms with E-state index in [0.29, 0.717) is 13.0 Å². The molecule has 1 aliphatic heterocycles. The van der Waals surface area contributed by atoms with Gasteiger partial charge in [0.25, 0.3) is 0 Å². The van der Waals surface area contributed by atoms with Gasteiger partial charge in [-0.2, -0.15) is 4.31 Å². The molecule has 1 fully saturated rings. The van der Waals surface area contributed by atoms with Gasteiger partial charge in [-0.1, -0.05) is 0 Å². The number of hydrogen-bond acceptors (Lipinski definition) is 4. The molecule has 0 saturated carbocycles. The second-order valence-corrected chi connectivity index (χ2v) is 6.78. The van der Waals surface area contributed by atoms with E-state index in [4.69, 9.17) is 4.74 Å². The first kappa shape index (κ1) is 17.0. The molecule has 0 spiro atoms. The molecule has 1 aliphatic rings. The molecule has 0 aliphatic carbocycles. The predicted molar refractivity (Wildman–Crippen MR) is 71.9 cm³/mol. The molecular weight excluding hydrogens is 323 g/mol. The maximum Gasteiger partial charge on any atom is 0.573 e. The van der Waals surface area contributed by atoms with Crippen molar-refractivity contribution in [3.8, 4) is 5.75 Å². The van der Waals surface area contributed by atoms with E-state index in [2.05, 4.69) is 4.74 Å². The summed E-state index contributed by atoms with van der Waals surface area (Å²) >= 11 is 0. The molecule has 1 atom stereocenters. The highest BCUT2D eigenvalue weighted by atomic mass is 32.2. The molecule has 1 aromatic rings. The molecule has 5 nitrogen and oxygen atoms in total. The van der Waals surface area contributed by atoms with Gasteiger partial charge < -0.3 is 9.47 Å². The SMILES string of the molecule is COCC1CCCN1S(=O)(=O)c1ccc(OC(F)(F)F)cc1. The largest absolute Gasteiger partial charge is 0.573 e. The van der Waals surface area contributed by atoms with Crippen molar-refractivity contribution in [2.75, 3.05) is 20.3 Å². The number of sulfonamides is 1. The molecule has 0 N–H and O–H groups in total. The van der Waals surface area contributed by atoms with Crippen LogP contribution in [0.3, 0.4) is 0 Å². The molecule has 1 saturated heterocycles. The highest BCUT2D eigenvalue weighted by molar-refractivity contribution is 7.89. The summed E-state index contributed by atoms with van der Waals surface area (Å²) in [5, 5.41) is 0. The van der Waals surface area contributed by atoms with Crippen LogP contribution in [0, 0.1) is 0 Å². The third-order valence-corrected chi connectivity index (χ3v) is 5.31. The van der Waals surface area contributed by atoms with Crippen molar-refractivity contribution >= 4 is 10.0 Å². The monoisotopic (exact) mass is 339 g/mol. The van der Waals surface area contributed by atoms with Crippen molar-refractivity contribution in [3.05, 3.63) is 24.3 Å². The van der Waals surface area contributed by atoms with Gasteiger partial charge >= 0.3 is 6.36 Å². The molecule has 124 valence electrons. The van der Waals surface area contributed by atoms with Crippen LogP contribution >= 0.6 is 0 Å². The third kappa shape index (κ3) is 3.90. The van der Waals surface area contributed by atoms with Gasteiger partial charge in [0.15, 0.2) is 0 Å². The van der Waals surface area contributed by atoms with E-state index in [1.165, 1.54) is 11.4 Å². The number of benzene rings is 1. The summed E-state index contributed by atoms with van der Waals surface area (Å²) in [4.78, 5) is -0.0648. The molecule has 9 heteroatoms. The molecule has 22 heavy (non-hydrogen) atoms. The average Bonchev–Trinajstić information content (AvgIpc) is 2.87. The highest BCUT2D eigenvalue weighted by Gasteiger charge is 2.35. The van der Waals surface area contributed by atoms with Gasteiger partial charge in [-0.25, -0.2) is 8.42 Å². The van der Waals surface area contributed by atoms with E-state index in [1.807, 2.05) is 0 Å². The maximum atomic E-state index is 12.5. The number of alkyl halides is 3. The predicted octanol–water partition coefficient (Wildman–Crippen LogP) is 2.38. The van der Waals surface area contributed by atoms with E-state index in [1.54, 1.807) is 0 Å². The number of methoxy groups -OCH3 is 1. The summed E-state index contributed by atoms with van der Waals surface area (Å²) in [5.41, 5.74) is 0. The fraction of sp³-hybridized carbons (Fsp3) is 0.538. The zero-order valence-electron chi connectivity index (χ0n) is 11.8. The molecule has 0 aromatic heterocycles. The smallest absolute Gasteiger partial charge is 0.406 e.